The van der Waals surface area contributed by atoms with Crippen LogP contribution < -0.4 is 16.6 Å². The van der Waals surface area contributed by atoms with E-state index in [2.05, 4.69) is 19.2 Å². The van der Waals surface area contributed by atoms with Crippen LogP contribution in [0.3, 0.4) is 0 Å². The lowest BCUT2D eigenvalue weighted by Gasteiger charge is -2.11. The van der Waals surface area contributed by atoms with Gasteiger partial charge in [-0.3, -0.25) is 18.7 Å². The van der Waals surface area contributed by atoms with Gasteiger partial charge in [0, 0.05) is 17.8 Å². The maximum Gasteiger partial charge on any atom is 0.332 e. The molecule has 3 aromatic rings. The second-order valence-electron chi connectivity index (χ2n) is 6.83. The minimum absolute atomic E-state index is 0.173. The molecule has 0 saturated heterocycles. The molecule has 3 rings (SSSR count). The van der Waals surface area contributed by atoms with E-state index in [1.807, 2.05) is 5.38 Å². The predicted octanol–water partition coefficient (Wildman–Crippen LogP) is 3.25. The van der Waals surface area contributed by atoms with E-state index >= 15 is 0 Å². The van der Waals surface area contributed by atoms with E-state index < -0.39 is 5.69 Å². The van der Waals surface area contributed by atoms with Gasteiger partial charge in [-0.05, 0) is 47.5 Å². The largest absolute Gasteiger partial charge is 0.332 e. The minimum atomic E-state index is -0.503. The van der Waals surface area contributed by atoms with Gasteiger partial charge >= 0.3 is 5.69 Å². The van der Waals surface area contributed by atoms with Crippen molar-refractivity contribution >= 4 is 44.7 Å². The minimum Gasteiger partial charge on any atom is -0.325 e. The molecule has 0 aliphatic rings. The van der Waals surface area contributed by atoms with Gasteiger partial charge in [0.1, 0.15) is 11.4 Å². The highest BCUT2D eigenvalue weighted by Gasteiger charge is 2.18. The Morgan fingerprint density at radius 3 is 2.52 bits per heavy atom. The number of carbonyl (C=O) groups is 1. The molecule has 27 heavy (non-hydrogen) atoms. The van der Waals surface area contributed by atoms with Crippen LogP contribution in [-0.2, 0) is 24.8 Å². The Hall–Kier alpha value is -2.38. The van der Waals surface area contributed by atoms with Crippen LogP contribution in [0.15, 0.2) is 39.2 Å². The van der Waals surface area contributed by atoms with Crippen LogP contribution in [0.25, 0.3) is 10.2 Å². The molecule has 142 valence electrons. The van der Waals surface area contributed by atoms with Crippen LogP contribution in [0.1, 0.15) is 19.4 Å². The van der Waals surface area contributed by atoms with E-state index in [-0.39, 0.29) is 18.0 Å². The molecule has 0 bridgehead atoms. The number of benzene rings is 1. The fraction of sp³-hybridized carbons (Fsp3) is 0.316. The third-order valence-electron chi connectivity index (χ3n) is 4.19. The molecule has 0 spiro atoms. The van der Waals surface area contributed by atoms with E-state index in [1.54, 1.807) is 24.3 Å². The van der Waals surface area contributed by atoms with Crippen molar-refractivity contribution in [3.05, 3.63) is 61.1 Å². The number of nitrogens with zero attached hydrogens (tertiary/aromatic N) is 2. The fourth-order valence-corrected chi connectivity index (χ4v) is 4.14. The fourth-order valence-electron chi connectivity index (χ4n) is 2.94. The number of nitrogens with one attached hydrogen (secondary N) is 1. The van der Waals surface area contributed by atoms with Crippen LogP contribution >= 0.6 is 22.9 Å². The summed E-state index contributed by atoms with van der Waals surface area (Å²) in [7, 11) is 1.44. The lowest BCUT2D eigenvalue weighted by atomic mass is 10.0. The number of fused-ring (bicyclic) bond motifs is 1. The Bertz CT molecular complexity index is 1110. The number of carbonyl (C=O) groups excluding carboxylic acids is 1. The first-order valence-corrected chi connectivity index (χ1v) is 9.79. The molecule has 1 N–H and O–H groups in total. The van der Waals surface area contributed by atoms with Gasteiger partial charge in [-0.2, -0.15) is 0 Å². The summed E-state index contributed by atoms with van der Waals surface area (Å²) in [4.78, 5) is 38.2. The van der Waals surface area contributed by atoms with Crippen molar-refractivity contribution in [1.29, 1.82) is 0 Å². The quantitative estimate of drug-likeness (QED) is 0.708. The van der Waals surface area contributed by atoms with Gasteiger partial charge in [0.25, 0.3) is 5.56 Å². The number of amides is 1. The molecule has 0 aliphatic carbocycles. The maximum absolute atomic E-state index is 12.6. The average molecular weight is 406 g/mol. The predicted molar refractivity (Wildman–Crippen MR) is 110 cm³/mol. The molecular formula is C19H20ClN3O3S. The van der Waals surface area contributed by atoms with Crippen LogP contribution in [0.4, 0.5) is 5.69 Å². The van der Waals surface area contributed by atoms with E-state index in [9.17, 15) is 14.4 Å². The monoisotopic (exact) mass is 405 g/mol. The molecule has 0 saturated carbocycles. The second-order valence-corrected chi connectivity index (χ2v) is 8.12. The molecule has 2 heterocycles. The number of aromatic nitrogens is 2. The summed E-state index contributed by atoms with van der Waals surface area (Å²) in [6.07, 6.45) is 0.740. The van der Waals surface area contributed by atoms with Gasteiger partial charge in [0.15, 0.2) is 0 Å². The number of rotatable bonds is 5. The third kappa shape index (κ3) is 3.99. The van der Waals surface area contributed by atoms with Gasteiger partial charge in [-0.1, -0.05) is 25.4 Å². The zero-order valence-corrected chi connectivity index (χ0v) is 16.9. The highest BCUT2D eigenvalue weighted by atomic mass is 35.5. The molecule has 6 nitrogen and oxygen atoms in total. The molecular weight excluding hydrogens is 386 g/mol. The zero-order valence-electron chi connectivity index (χ0n) is 15.3. The van der Waals surface area contributed by atoms with E-state index in [4.69, 9.17) is 11.6 Å². The summed E-state index contributed by atoms with van der Waals surface area (Å²) >= 11 is 7.17. The van der Waals surface area contributed by atoms with Crippen molar-refractivity contribution in [2.75, 3.05) is 5.32 Å². The van der Waals surface area contributed by atoms with Gasteiger partial charge in [-0.25, -0.2) is 4.79 Å². The topological polar surface area (TPSA) is 73.1 Å². The Kier molecular flexibility index (Phi) is 5.53. The molecule has 1 aromatic carbocycles. The number of hydrogen-bond acceptors (Lipinski definition) is 4. The van der Waals surface area contributed by atoms with Gasteiger partial charge in [-0.15, -0.1) is 11.3 Å². The summed E-state index contributed by atoms with van der Waals surface area (Å²) in [6.45, 7) is 3.97. The Labute approximate surface area is 165 Å². The standard InChI is InChI=1S/C19H20ClN3O3S/c1-11(2)8-12-10-27-18-16(12)17(25)22(3)19(26)23(18)9-15(24)21-14-6-4-13(20)5-7-14/h4-7,10-11H,8-9H2,1-3H3,(H,21,24). The zero-order chi connectivity index (χ0) is 19.7. The smallest absolute Gasteiger partial charge is 0.325 e. The van der Waals surface area contributed by atoms with Crippen LogP contribution in [0.5, 0.6) is 0 Å². The summed E-state index contributed by atoms with van der Waals surface area (Å²) < 4.78 is 2.42. The molecule has 0 aliphatic heterocycles. The van der Waals surface area contributed by atoms with Crippen molar-refractivity contribution in [1.82, 2.24) is 9.13 Å². The van der Waals surface area contributed by atoms with Crippen molar-refractivity contribution in [2.24, 2.45) is 13.0 Å². The molecule has 1 amide bonds. The average Bonchev–Trinajstić information content (AvgIpc) is 3.01. The molecule has 0 atom stereocenters. The molecule has 2 aromatic heterocycles. The van der Waals surface area contributed by atoms with Gasteiger partial charge in [0.2, 0.25) is 5.91 Å². The second kappa shape index (κ2) is 7.70. The summed E-state index contributed by atoms with van der Waals surface area (Å²) in [5.41, 5.74) is 0.681. The Morgan fingerprint density at radius 1 is 1.22 bits per heavy atom. The van der Waals surface area contributed by atoms with Crippen molar-refractivity contribution in [3.8, 4) is 0 Å². The van der Waals surface area contributed by atoms with Crippen LogP contribution in [0.2, 0.25) is 5.02 Å². The molecule has 0 unspecified atom stereocenters. The van der Waals surface area contributed by atoms with Crippen molar-refractivity contribution in [3.63, 3.8) is 0 Å². The highest BCUT2D eigenvalue weighted by Crippen LogP contribution is 2.24. The summed E-state index contributed by atoms with van der Waals surface area (Å²) in [6, 6.07) is 6.72. The first-order chi connectivity index (χ1) is 12.8. The Balaban J connectivity index is 1.99. The van der Waals surface area contributed by atoms with Crippen molar-refractivity contribution in [2.45, 2.75) is 26.8 Å². The first-order valence-electron chi connectivity index (χ1n) is 8.53. The first kappa shape index (κ1) is 19.4. The lowest BCUT2D eigenvalue weighted by molar-refractivity contribution is -0.116. The lowest BCUT2D eigenvalue weighted by Crippen LogP contribution is -2.39. The molecule has 0 fully saturated rings. The summed E-state index contributed by atoms with van der Waals surface area (Å²) in [5.74, 6) is 0.0271. The highest BCUT2D eigenvalue weighted by molar-refractivity contribution is 7.17. The third-order valence-corrected chi connectivity index (χ3v) is 5.49. The SMILES string of the molecule is CC(C)Cc1csc2c1c(=O)n(C)c(=O)n2CC(=O)Nc1ccc(Cl)cc1. The summed E-state index contributed by atoms with van der Waals surface area (Å²) in [5, 5.41) is 5.74. The van der Waals surface area contributed by atoms with Crippen LogP contribution in [0, 0.1) is 5.92 Å². The van der Waals surface area contributed by atoms with E-state index in [0.717, 1.165) is 16.6 Å². The molecule has 8 heteroatoms. The van der Waals surface area contributed by atoms with Gasteiger partial charge in [0.05, 0.1) is 5.39 Å². The van der Waals surface area contributed by atoms with Gasteiger partial charge < -0.3 is 5.32 Å². The maximum atomic E-state index is 12.6. The number of hydrogen-bond donors (Lipinski definition) is 1. The number of thiophene rings is 1. The van der Waals surface area contributed by atoms with E-state index in [0.29, 0.717) is 26.8 Å². The normalized spacial score (nSPS) is 11.3. The molecule has 0 radical (unpaired) electrons. The number of halogens is 1. The van der Waals surface area contributed by atoms with E-state index in [1.165, 1.54) is 23.0 Å². The Morgan fingerprint density at radius 2 is 1.89 bits per heavy atom. The van der Waals surface area contributed by atoms with Crippen LogP contribution in [-0.4, -0.2) is 15.0 Å². The van der Waals surface area contributed by atoms with Crippen molar-refractivity contribution < 1.29 is 4.79 Å². The number of anilines is 1.